The predicted octanol–water partition coefficient (Wildman–Crippen LogP) is 6.90. The Balaban J connectivity index is 0.00000620. The lowest BCUT2D eigenvalue weighted by Gasteiger charge is -2.30. The maximum atomic E-state index is 13.7. The van der Waals surface area contributed by atoms with Crippen LogP contribution in [0, 0.1) is 23.7 Å². The van der Waals surface area contributed by atoms with Crippen LogP contribution in [-0.2, 0) is 19.1 Å². The molecule has 0 unspecified atom stereocenters. The number of fused-ring (bicyclic) bond motifs is 1. The van der Waals surface area contributed by atoms with Gasteiger partial charge in [0.05, 0.1) is 49.2 Å². The lowest BCUT2D eigenvalue weighted by atomic mass is 9.97. The van der Waals surface area contributed by atoms with Crippen LogP contribution >= 0.6 is 81.0 Å². The van der Waals surface area contributed by atoms with Crippen molar-refractivity contribution in [2.75, 3.05) is 27.3 Å². The number of alkyl carbamates (subject to hydrolysis) is 2. The first-order chi connectivity index (χ1) is 27.0. The highest BCUT2D eigenvalue weighted by Crippen LogP contribution is 2.34. The Labute approximate surface area is 406 Å². The summed E-state index contributed by atoms with van der Waals surface area (Å²) in [5, 5.41) is 5.48. The Bertz CT molecular complexity index is 2130. The van der Waals surface area contributed by atoms with E-state index in [9.17, 15) is 19.2 Å². The van der Waals surface area contributed by atoms with Crippen molar-refractivity contribution in [3.05, 3.63) is 71.4 Å². The van der Waals surface area contributed by atoms with E-state index in [0.29, 0.717) is 24.7 Å². The predicted molar refractivity (Wildman–Crippen MR) is 273 cm³/mol. The van der Waals surface area contributed by atoms with E-state index in [0.717, 1.165) is 71.9 Å². The number of rotatable bonds is 11. The van der Waals surface area contributed by atoms with Crippen molar-refractivity contribution in [2.24, 2.45) is 11.8 Å². The Morgan fingerprint density at radius 1 is 0.726 bits per heavy atom. The number of aromatic nitrogens is 4. The maximum Gasteiger partial charge on any atom is 0.407 e. The molecular formula is C42H64N8O6S6. The number of benzene rings is 2. The number of nitrogens with zero attached hydrogens (tertiary/aromatic N) is 4. The van der Waals surface area contributed by atoms with Gasteiger partial charge in [0.15, 0.2) is 0 Å². The van der Waals surface area contributed by atoms with Crippen molar-refractivity contribution >= 4 is 116 Å². The van der Waals surface area contributed by atoms with E-state index in [2.05, 4.69) is 37.4 Å². The molecule has 0 spiro atoms. The highest BCUT2D eigenvalue weighted by Gasteiger charge is 2.39. The van der Waals surface area contributed by atoms with E-state index in [1.807, 2.05) is 80.0 Å². The van der Waals surface area contributed by atoms with Gasteiger partial charge in [0, 0.05) is 24.2 Å². The summed E-state index contributed by atoms with van der Waals surface area (Å²) in [5.41, 5.74) is 5.07. The smallest absolute Gasteiger partial charge is 0.407 e. The molecule has 6 rings (SSSR count). The molecule has 14 nitrogen and oxygen atoms in total. The van der Waals surface area contributed by atoms with Crippen LogP contribution in [0.3, 0.4) is 0 Å². The van der Waals surface area contributed by atoms with Crippen molar-refractivity contribution in [1.29, 1.82) is 0 Å². The molecule has 4 aromatic rings. The molecular weight excluding hydrogens is 905 g/mol. The van der Waals surface area contributed by atoms with E-state index in [4.69, 9.17) is 14.5 Å². The fraction of sp³-hybridized carbons (Fsp3) is 0.476. The van der Waals surface area contributed by atoms with E-state index in [-0.39, 0.29) is 117 Å². The monoisotopic (exact) mass is 968 g/mol. The van der Waals surface area contributed by atoms with E-state index in [1.165, 1.54) is 14.2 Å². The topological polar surface area (TPSA) is 175 Å². The first-order valence-electron chi connectivity index (χ1n) is 19.5. The van der Waals surface area contributed by atoms with Gasteiger partial charge in [-0.05, 0) is 73.4 Å². The minimum absolute atomic E-state index is 0. The Morgan fingerprint density at radius 3 is 1.71 bits per heavy atom. The van der Waals surface area contributed by atoms with Crippen molar-refractivity contribution < 1.29 is 28.7 Å². The van der Waals surface area contributed by atoms with Gasteiger partial charge in [0.25, 0.3) is 0 Å². The SMILES string of the molecule is CC[C@H](C)[C@H](NC(=O)OC)C(=O)N1CCC[C@H]1c1ncc(-c2ccc(C#Cc3ccc4nc([C@@H]5CCCN5C(=O)[C@@H](NC(=O)OC)[C@@H](C)CC)[nH]c4c3)cc2)[nH]1.S.S.S.S.S.S. The molecule has 4 heterocycles. The molecule has 62 heavy (non-hydrogen) atoms. The fourth-order valence-electron chi connectivity index (χ4n) is 7.52. The van der Waals surface area contributed by atoms with Crippen LogP contribution in [0.15, 0.2) is 48.7 Å². The van der Waals surface area contributed by atoms with Crippen LogP contribution in [0.25, 0.3) is 22.3 Å². The largest absolute Gasteiger partial charge is 0.453 e. The molecule has 2 aromatic heterocycles. The average Bonchev–Trinajstić information content (AvgIpc) is 4.06. The number of carbonyl (C=O) groups excluding carboxylic acids is 4. The third kappa shape index (κ3) is 13.4. The fourth-order valence-corrected chi connectivity index (χ4v) is 7.52. The van der Waals surface area contributed by atoms with Gasteiger partial charge >= 0.3 is 12.2 Å². The molecule has 6 atom stereocenters. The summed E-state index contributed by atoms with van der Waals surface area (Å²) in [6, 6.07) is 11.9. The molecule has 0 aliphatic carbocycles. The third-order valence-electron chi connectivity index (χ3n) is 11.2. The lowest BCUT2D eigenvalue weighted by molar-refractivity contribution is -0.136. The normalized spacial score (nSPS) is 16.9. The summed E-state index contributed by atoms with van der Waals surface area (Å²) in [6.07, 6.45) is 5.24. The Morgan fingerprint density at radius 2 is 1.21 bits per heavy atom. The zero-order valence-electron chi connectivity index (χ0n) is 36.0. The molecule has 0 saturated carbocycles. The van der Waals surface area contributed by atoms with Crippen LogP contribution in [-0.4, -0.2) is 93.1 Å². The average molecular weight is 969 g/mol. The minimum atomic E-state index is -0.683. The highest BCUT2D eigenvalue weighted by molar-refractivity contribution is 7.60. The van der Waals surface area contributed by atoms with Gasteiger partial charge < -0.3 is 39.9 Å². The van der Waals surface area contributed by atoms with Crippen molar-refractivity contribution in [3.63, 3.8) is 0 Å². The van der Waals surface area contributed by atoms with Crippen molar-refractivity contribution in [1.82, 2.24) is 40.4 Å². The van der Waals surface area contributed by atoms with Crippen LogP contribution in [0.1, 0.15) is 101 Å². The standard InChI is InChI=1S/C42H52N8O6.6H2S/c1-7-25(3)35(47-41(53)55-5)39(51)49-21-9-11-33(49)37-43-24-32(46-37)29-18-15-27(16-19-29)13-14-28-17-20-30-31(23-28)45-38(44-30)34-12-10-22-50(34)40(52)36(26(4)8-2)48-42(54)56-6;;;;;;/h15-20,23-26,33-36H,7-12,21-22H2,1-6H3,(H,43,46)(H,44,45)(H,47,53)(H,48,54);6*1H2/t25-,26-,33-,34-,35-,36-;;;;;;/m0....../s1. The molecule has 2 fully saturated rings. The minimum Gasteiger partial charge on any atom is -0.453 e. The second-order valence-corrected chi connectivity index (χ2v) is 14.7. The molecule has 4 N–H and O–H groups in total. The first kappa shape index (κ1) is 58.3. The van der Waals surface area contributed by atoms with Gasteiger partial charge in [0.2, 0.25) is 11.8 Å². The number of amides is 4. The maximum absolute atomic E-state index is 13.7. The molecule has 4 amide bonds. The molecule has 0 bridgehead atoms. The molecule has 20 heteroatoms. The molecule has 0 radical (unpaired) electrons. The quantitative estimate of drug-likeness (QED) is 0.118. The first-order valence-corrected chi connectivity index (χ1v) is 19.5. The van der Waals surface area contributed by atoms with Gasteiger partial charge in [-0.3, -0.25) is 9.59 Å². The highest BCUT2D eigenvalue weighted by atomic mass is 32.1. The number of ether oxygens (including phenoxy) is 2. The van der Waals surface area contributed by atoms with E-state index in [1.54, 1.807) is 6.20 Å². The van der Waals surface area contributed by atoms with Crippen LogP contribution < -0.4 is 10.6 Å². The summed E-state index contributed by atoms with van der Waals surface area (Å²) in [7, 11) is 2.59. The lowest BCUT2D eigenvalue weighted by Crippen LogP contribution is -2.51. The summed E-state index contributed by atoms with van der Waals surface area (Å²) in [4.78, 5) is 71.5. The third-order valence-corrected chi connectivity index (χ3v) is 11.2. The van der Waals surface area contributed by atoms with Crippen LogP contribution in [0.2, 0.25) is 0 Å². The van der Waals surface area contributed by atoms with Crippen LogP contribution in [0.5, 0.6) is 0 Å². The summed E-state index contributed by atoms with van der Waals surface area (Å²) in [5.74, 6) is 7.57. The van der Waals surface area contributed by atoms with E-state index < -0.39 is 24.3 Å². The number of hydrogen-bond donors (Lipinski definition) is 4. The van der Waals surface area contributed by atoms with Gasteiger partial charge in [0.1, 0.15) is 23.7 Å². The summed E-state index contributed by atoms with van der Waals surface area (Å²) < 4.78 is 9.59. The zero-order valence-corrected chi connectivity index (χ0v) is 42.0. The number of imidazole rings is 2. The van der Waals surface area contributed by atoms with Crippen molar-refractivity contribution in [3.8, 4) is 23.1 Å². The van der Waals surface area contributed by atoms with Crippen molar-refractivity contribution in [2.45, 2.75) is 90.4 Å². The molecule has 2 aromatic carbocycles. The van der Waals surface area contributed by atoms with Gasteiger partial charge in [-0.1, -0.05) is 64.5 Å². The van der Waals surface area contributed by atoms with Crippen LogP contribution in [0.4, 0.5) is 9.59 Å². The Kier molecular flexibility index (Phi) is 25.2. The number of hydrogen-bond acceptors (Lipinski definition) is 8. The number of likely N-dealkylation sites (tertiary alicyclic amines) is 2. The second kappa shape index (κ2) is 26.8. The molecule has 2 aliphatic rings. The Hall–Kier alpha value is -3.74. The van der Waals surface area contributed by atoms with Gasteiger partial charge in [-0.2, -0.15) is 81.0 Å². The number of carbonyl (C=O) groups is 4. The molecule has 2 saturated heterocycles. The summed E-state index contributed by atoms with van der Waals surface area (Å²) in [6.45, 7) is 9.06. The summed E-state index contributed by atoms with van der Waals surface area (Å²) >= 11 is 0. The number of H-pyrrole nitrogens is 2. The molecule has 344 valence electrons. The van der Waals surface area contributed by atoms with E-state index >= 15 is 0 Å². The molecule has 2 aliphatic heterocycles. The van der Waals surface area contributed by atoms with Gasteiger partial charge in [-0.25, -0.2) is 19.6 Å². The number of aromatic amines is 2. The second-order valence-electron chi connectivity index (χ2n) is 14.7. The number of nitrogens with one attached hydrogen (secondary N) is 4. The zero-order chi connectivity index (χ0) is 39.9. The van der Waals surface area contributed by atoms with Gasteiger partial charge in [-0.15, -0.1) is 0 Å². The number of methoxy groups -OCH3 is 2.